The Morgan fingerprint density at radius 3 is 3.29 bits per heavy atom. The Hall–Kier alpha value is -1.51. The van der Waals surface area contributed by atoms with Crippen molar-refractivity contribution in [3.63, 3.8) is 0 Å². The quantitative estimate of drug-likeness (QED) is 0.685. The summed E-state index contributed by atoms with van der Waals surface area (Å²) in [7, 11) is 0. The van der Waals surface area contributed by atoms with Crippen LogP contribution in [0.25, 0.3) is 11.0 Å². The maximum absolute atomic E-state index is 4.55. The summed E-state index contributed by atoms with van der Waals surface area (Å²) in [5.74, 6) is 1.12. The van der Waals surface area contributed by atoms with E-state index in [-0.39, 0.29) is 0 Å². The number of para-hydroxylation sites is 1. The third kappa shape index (κ3) is 0.953. The van der Waals surface area contributed by atoms with Crippen molar-refractivity contribution in [2.24, 2.45) is 0 Å². The summed E-state index contributed by atoms with van der Waals surface area (Å²) in [6.45, 7) is 4.21. The summed E-state index contributed by atoms with van der Waals surface area (Å²) in [6.07, 6.45) is 1.17. The molecule has 2 heterocycles. The Morgan fingerprint density at radius 1 is 1.43 bits per heavy atom. The Morgan fingerprint density at radius 2 is 2.36 bits per heavy atom. The summed E-state index contributed by atoms with van der Waals surface area (Å²) in [5.41, 5.74) is 3.59. The van der Waals surface area contributed by atoms with Crippen LogP contribution in [0, 0.1) is 6.92 Å². The van der Waals surface area contributed by atoms with Crippen LogP contribution < -0.4 is 5.32 Å². The standard InChI is InChI=1S/C11H13N3/c1-8-13-10-5-2-4-9-11(10)14(8)7-3-6-12-9/h2,4-5,12H,3,6-7H2,1H3. The molecule has 0 fully saturated rings. The van der Waals surface area contributed by atoms with E-state index in [0.29, 0.717) is 0 Å². The number of imidazole rings is 1. The van der Waals surface area contributed by atoms with E-state index in [1.165, 1.54) is 17.6 Å². The molecule has 0 bridgehead atoms. The first kappa shape index (κ1) is 7.85. The zero-order chi connectivity index (χ0) is 9.54. The molecule has 3 nitrogen and oxygen atoms in total. The van der Waals surface area contributed by atoms with E-state index in [1.807, 2.05) is 0 Å². The molecule has 2 aromatic rings. The van der Waals surface area contributed by atoms with Gasteiger partial charge in [0, 0.05) is 13.1 Å². The summed E-state index contributed by atoms with van der Waals surface area (Å²) < 4.78 is 2.31. The van der Waals surface area contributed by atoms with Gasteiger partial charge in [0.25, 0.3) is 0 Å². The predicted molar refractivity (Wildman–Crippen MR) is 57.6 cm³/mol. The second-order valence-electron chi connectivity index (χ2n) is 3.76. The van der Waals surface area contributed by atoms with Gasteiger partial charge in [0.1, 0.15) is 5.82 Å². The first-order valence-corrected chi connectivity index (χ1v) is 5.06. The van der Waals surface area contributed by atoms with Crippen molar-refractivity contribution in [3.05, 3.63) is 24.0 Å². The average molecular weight is 187 g/mol. The van der Waals surface area contributed by atoms with Gasteiger partial charge in [-0.2, -0.15) is 0 Å². The molecule has 0 unspecified atom stereocenters. The molecule has 0 aliphatic carbocycles. The lowest BCUT2D eigenvalue weighted by molar-refractivity contribution is 0.669. The van der Waals surface area contributed by atoms with E-state index < -0.39 is 0 Å². The molecule has 1 aliphatic heterocycles. The minimum atomic E-state index is 1.06. The van der Waals surface area contributed by atoms with Crippen LogP contribution in [0.4, 0.5) is 5.69 Å². The van der Waals surface area contributed by atoms with Crippen molar-refractivity contribution in [2.75, 3.05) is 11.9 Å². The van der Waals surface area contributed by atoms with E-state index in [2.05, 4.69) is 40.0 Å². The van der Waals surface area contributed by atoms with Gasteiger partial charge in [0.05, 0.1) is 16.7 Å². The number of benzene rings is 1. The second-order valence-corrected chi connectivity index (χ2v) is 3.76. The van der Waals surface area contributed by atoms with Gasteiger partial charge in [0.15, 0.2) is 0 Å². The zero-order valence-electron chi connectivity index (χ0n) is 8.25. The highest BCUT2D eigenvalue weighted by atomic mass is 15.1. The van der Waals surface area contributed by atoms with Crippen molar-refractivity contribution in [1.29, 1.82) is 0 Å². The topological polar surface area (TPSA) is 29.9 Å². The van der Waals surface area contributed by atoms with E-state index in [0.717, 1.165) is 24.4 Å². The van der Waals surface area contributed by atoms with Crippen molar-refractivity contribution < 1.29 is 0 Å². The lowest BCUT2D eigenvalue weighted by Crippen LogP contribution is -2.01. The molecule has 72 valence electrons. The number of nitrogens with zero attached hydrogens (tertiary/aromatic N) is 2. The zero-order valence-corrected chi connectivity index (χ0v) is 8.25. The number of nitrogens with one attached hydrogen (secondary N) is 1. The van der Waals surface area contributed by atoms with Gasteiger partial charge >= 0.3 is 0 Å². The van der Waals surface area contributed by atoms with Crippen molar-refractivity contribution >= 4 is 16.7 Å². The summed E-state index contributed by atoms with van der Waals surface area (Å²) in [5, 5.41) is 3.44. The predicted octanol–water partition coefficient (Wildman–Crippen LogP) is 2.16. The Kier molecular flexibility index (Phi) is 1.54. The van der Waals surface area contributed by atoms with Gasteiger partial charge in [0.2, 0.25) is 0 Å². The van der Waals surface area contributed by atoms with Gasteiger partial charge in [-0.05, 0) is 25.5 Å². The molecular formula is C11H13N3. The molecule has 1 N–H and O–H groups in total. The highest BCUT2D eigenvalue weighted by Crippen LogP contribution is 2.26. The maximum atomic E-state index is 4.55. The molecule has 0 saturated carbocycles. The minimum absolute atomic E-state index is 1.06. The van der Waals surface area contributed by atoms with E-state index in [1.54, 1.807) is 0 Å². The van der Waals surface area contributed by atoms with Gasteiger partial charge < -0.3 is 9.88 Å². The molecule has 0 spiro atoms. The second kappa shape index (κ2) is 2.74. The molecule has 0 radical (unpaired) electrons. The first-order valence-electron chi connectivity index (χ1n) is 5.06. The number of aryl methyl sites for hydroxylation is 2. The summed E-state index contributed by atoms with van der Waals surface area (Å²) in [6, 6.07) is 6.27. The van der Waals surface area contributed by atoms with Gasteiger partial charge in [-0.15, -0.1) is 0 Å². The van der Waals surface area contributed by atoms with Crippen LogP contribution in [0.5, 0.6) is 0 Å². The van der Waals surface area contributed by atoms with Crippen LogP contribution >= 0.6 is 0 Å². The van der Waals surface area contributed by atoms with Crippen molar-refractivity contribution in [3.8, 4) is 0 Å². The normalized spacial score (nSPS) is 15.2. The molecule has 0 saturated heterocycles. The van der Waals surface area contributed by atoms with Crippen LogP contribution in [0.1, 0.15) is 12.2 Å². The Balaban J connectivity index is 2.42. The number of rotatable bonds is 0. The van der Waals surface area contributed by atoms with Crippen molar-refractivity contribution in [1.82, 2.24) is 9.55 Å². The highest BCUT2D eigenvalue weighted by Gasteiger charge is 2.13. The fourth-order valence-electron chi connectivity index (χ4n) is 2.18. The van der Waals surface area contributed by atoms with E-state index in [9.17, 15) is 0 Å². The summed E-state index contributed by atoms with van der Waals surface area (Å²) >= 11 is 0. The molecule has 14 heavy (non-hydrogen) atoms. The van der Waals surface area contributed by atoms with Gasteiger partial charge in [-0.25, -0.2) is 4.98 Å². The largest absolute Gasteiger partial charge is 0.383 e. The lowest BCUT2D eigenvalue weighted by atomic mass is 10.2. The number of hydrogen-bond acceptors (Lipinski definition) is 2. The van der Waals surface area contributed by atoms with Crippen LogP contribution in [0.3, 0.4) is 0 Å². The fraction of sp³-hybridized carbons (Fsp3) is 0.364. The third-order valence-electron chi connectivity index (χ3n) is 2.83. The van der Waals surface area contributed by atoms with Crippen LogP contribution in [0.2, 0.25) is 0 Å². The molecule has 1 aromatic heterocycles. The smallest absolute Gasteiger partial charge is 0.106 e. The molecule has 0 atom stereocenters. The van der Waals surface area contributed by atoms with Gasteiger partial charge in [-0.3, -0.25) is 0 Å². The number of anilines is 1. The first-order chi connectivity index (χ1) is 6.86. The van der Waals surface area contributed by atoms with Crippen molar-refractivity contribution in [2.45, 2.75) is 19.9 Å². The molecule has 3 rings (SSSR count). The summed E-state index contributed by atoms with van der Waals surface area (Å²) in [4.78, 5) is 4.55. The molecule has 1 aliphatic rings. The molecule has 1 aromatic carbocycles. The monoisotopic (exact) mass is 187 g/mol. The van der Waals surface area contributed by atoms with E-state index in [4.69, 9.17) is 0 Å². The van der Waals surface area contributed by atoms with Crippen LogP contribution in [0.15, 0.2) is 18.2 Å². The Labute approximate surface area is 82.8 Å². The highest BCUT2D eigenvalue weighted by molar-refractivity contribution is 5.89. The maximum Gasteiger partial charge on any atom is 0.106 e. The SMILES string of the molecule is Cc1nc2cccc3c2n1CCCN3. The fourth-order valence-corrected chi connectivity index (χ4v) is 2.18. The molecule has 0 amide bonds. The van der Waals surface area contributed by atoms with E-state index >= 15 is 0 Å². The Bertz CT molecular complexity index is 484. The number of aromatic nitrogens is 2. The lowest BCUT2D eigenvalue weighted by Gasteiger charge is -2.03. The third-order valence-corrected chi connectivity index (χ3v) is 2.83. The number of hydrogen-bond donors (Lipinski definition) is 1. The van der Waals surface area contributed by atoms with Crippen LogP contribution in [-0.4, -0.2) is 16.1 Å². The molecule has 3 heteroatoms. The minimum Gasteiger partial charge on any atom is -0.383 e. The molecular weight excluding hydrogens is 174 g/mol. The average Bonchev–Trinajstić information content (AvgIpc) is 2.39. The van der Waals surface area contributed by atoms with Crippen LogP contribution in [-0.2, 0) is 6.54 Å². The van der Waals surface area contributed by atoms with Gasteiger partial charge in [-0.1, -0.05) is 6.07 Å².